The summed E-state index contributed by atoms with van der Waals surface area (Å²) in [5, 5.41) is 14.8. The van der Waals surface area contributed by atoms with Crippen LogP contribution < -0.4 is 15.2 Å². The number of nitrogens with one attached hydrogen (secondary N) is 1. The quantitative estimate of drug-likeness (QED) is 0.578. The molecule has 1 heterocycles. The van der Waals surface area contributed by atoms with E-state index in [2.05, 4.69) is 5.32 Å². The van der Waals surface area contributed by atoms with Gasteiger partial charge in [-0.15, -0.1) is 11.3 Å². The van der Waals surface area contributed by atoms with Crippen LogP contribution in [0.1, 0.15) is 27.2 Å². The molecule has 1 aromatic heterocycles. The molecule has 0 radical (unpaired) electrons. The lowest BCUT2D eigenvalue weighted by atomic mass is 10.2. The zero-order valence-corrected chi connectivity index (χ0v) is 18.8. The molecule has 2 rings (SSSR count). The molecule has 29 heavy (non-hydrogen) atoms. The van der Waals surface area contributed by atoms with Crippen LogP contribution in [0.4, 0.5) is 23.7 Å². The lowest BCUT2D eigenvalue weighted by molar-refractivity contribution is -0.242. The van der Waals surface area contributed by atoms with Crippen LogP contribution in [-0.2, 0) is 4.43 Å². The summed E-state index contributed by atoms with van der Waals surface area (Å²) in [5.41, 5.74) is 0.399. The lowest BCUT2D eigenvalue weighted by Crippen LogP contribution is -2.48. The maximum absolute atomic E-state index is 13.5. The van der Waals surface area contributed by atoms with Gasteiger partial charge in [-0.25, -0.2) is 0 Å². The van der Waals surface area contributed by atoms with Gasteiger partial charge in [0.15, 0.2) is 8.32 Å². The fourth-order valence-corrected chi connectivity index (χ4v) is 4.65. The second-order valence-corrected chi connectivity index (χ2v) is 13.9. The molecule has 1 amide bonds. The van der Waals surface area contributed by atoms with Gasteiger partial charge >= 0.3 is 6.18 Å². The highest BCUT2D eigenvalue weighted by Crippen LogP contribution is 2.40. The summed E-state index contributed by atoms with van der Waals surface area (Å²) in [4.78, 5) is 10.7. The molecular formula is C19H25F3NO4SSi-. The van der Waals surface area contributed by atoms with Gasteiger partial charge in [0.1, 0.15) is 17.9 Å². The van der Waals surface area contributed by atoms with Gasteiger partial charge in [-0.2, -0.15) is 13.2 Å². The third-order valence-corrected chi connectivity index (χ3v) is 10.5. The van der Waals surface area contributed by atoms with E-state index in [0.717, 1.165) is 4.70 Å². The van der Waals surface area contributed by atoms with Gasteiger partial charge < -0.3 is 24.4 Å². The maximum Gasteiger partial charge on any atom is 0.413 e. The molecule has 0 spiro atoms. The third kappa shape index (κ3) is 6.10. The molecule has 5 nitrogen and oxygen atoms in total. The molecule has 0 unspecified atom stereocenters. The number of rotatable bonds is 7. The number of ether oxygens (including phenoxy) is 1. The van der Waals surface area contributed by atoms with E-state index in [1.807, 2.05) is 20.8 Å². The van der Waals surface area contributed by atoms with Crippen molar-refractivity contribution in [2.75, 3.05) is 11.9 Å². The first-order chi connectivity index (χ1) is 13.2. The summed E-state index contributed by atoms with van der Waals surface area (Å²) in [5.74, 6) is 0.410. The smallest absolute Gasteiger partial charge is 0.413 e. The minimum Gasteiger partial charge on any atom is -0.530 e. The van der Waals surface area contributed by atoms with Crippen molar-refractivity contribution < 1.29 is 32.2 Å². The van der Waals surface area contributed by atoms with E-state index in [4.69, 9.17) is 9.16 Å². The fourth-order valence-electron chi connectivity index (χ4n) is 2.41. The van der Waals surface area contributed by atoms with Crippen LogP contribution >= 0.6 is 11.3 Å². The summed E-state index contributed by atoms with van der Waals surface area (Å²) in [6.45, 7) is 9.10. The van der Waals surface area contributed by atoms with Crippen molar-refractivity contribution in [1.29, 1.82) is 0 Å². The SMILES string of the molecule is CC(C)(C)[Si](C)(C)O[C@H](CCOc1ccc2c(NC(=O)[O-])csc2c1)C(F)(F)F. The monoisotopic (exact) mass is 448 g/mol. The Balaban J connectivity index is 2.04. The molecule has 0 aliphatic heterocycles. The zero-order chi connectivity index (χ0) is 22.0. The summed E-state index contributed by atoms with van der Waals surface area (Å²) >= 11 is 1.29. The highest BCUT2D eigenvalue weighted by atomic mass is 32.1. The number of halogens is 3. The number of benzene rings is 1. The van der Waals surface area contributed by atoms with Crippen LogP contribution in [-0.4, -0.2) is 33.3 Å². The average molecular weight is 449 g/mol. The van der Waals surface area contributed by atoms with Crippen LogP contribution in [0.2, 0.25) is 18.1 Å². The van der Waals surface area contributed by atoms with Crippen LogP contribution in [0.5, 0.6) is 5.75 Å². The summed E-state index contributed by atoms with van der Waals surface area (Å²) < 4.78 is 52.2. The van der Waals surface area contributed by atoms with Crippen molar-refractivity contribution in [2.45, 2.75) is 57.6 Å². The molecule has 2 aromatic rings. The molecule has 0 aliphatic carbocycles. The number of amides is 1. The van der Waals surface area contributed by atoms with E-state index >= 15 is 0 Å². The number of anilines is 1. The summed E-state index contributed by atoms with van der Waals surface area (Å²) in [6.07, 6.45) is -8.07. The Morgan fingerprint density at radius 3 is 2.48 bits per heavy atom. The van der Waals surface area contributed by atoms with Crippen LogP contribution in [0, 0.1) is 0 Å². The van der Waals surface area contributed by atoms with E-state index in [1.54, 1.807) is 36.7 Å². The number of hydrogen-bond donors (Lipinski definition) is 1. The minimum absolute atomic E-state index is 0.153. The topological polar surface area (TPSA) is 70.6 Å². The van der Waals surface area contributed by atoms with Gasteiger partial charge in [-0.3, -0.25) is 0 Å². The van der Waals surface area contributed by atoms with E-state index < -0.39 is 26.7 Å². The summed E-state index contributed by atoms with van der Waals surface area (Å²) in [7, 11) is -2.59. The first-order valence-electron chi connectivity index (χ1n) is 9.07. The van der Waals surface area contributed by atoms with Crippen molar-refractivity contribution in [1.82, 2.24) is 0 Å². The Hall–Kier alpha value is -1.78. The number of carboxylic acid groups (broad SMARTS) is 1. The molecule has 1 aromatic carbocycles. The predicted octanol–water partition coefficient (Wildman–Crippen LogP) is 5.38. The summed E-state index contributed by atoms with van der Waals surface area (Å²) in [6, 6.07) is 4.91. The first kappa shape index (κ1) is 23.5. The van der Waals surface area contributed by atoms with E-state index in [1.165, 1.54) is 11.3 Å². The Morgan fingerprint density at radius 1 is 1.28 bits per heavy atom. The highest BCUT2D eigenvalue weighted by molar-refractivity contribution is 7.17. The molecule has 10 heteroatoms. The second kappa shape index (κ2) is 8.53. The normalized spacial score (nSPS) is 14.1. The van der Waals surface area contributed by atoms with Gasteiger partial charge in [-0.05, 0) is 36.3 Å². The molecule has 1 atom stereocenters. The van der Waals surface area contributed by atoms with Gasteiger partial charge in [-0.1, -0.05) is 20.8 Å². The van der Waals surface area contributed by atoms with E-state index in [0.29, 0.717) is 16.8 Å². The number of hydrogen-bond acceptors (Lipinski definition) is 5. The number of carbonyl (C=O) groups excluding carboxylic acids is 1. The molecule has 0 aliphatic rings. The standard InChI is InChI=1S/C19H26F3NO4SSi/c1-18(2,3)29(4,5)27-16(19(20,21)22)8-9-26-12-6-7-13-14(23-17(24)25)11-28-15(13)10-12/h6-7,10-11,16,23H,8-9H2,1-5H3,(H,24,25)/p-1/t16-/m1/s1. The van der Waals surface area contributed by atoms with Gasteiger partial charge in [0, 0.05) is 21.9 Å². The van der Waals surface area contributed by atoms with Crippen LogP contribution in [0.25, 0.3) is 10.1 Å². The van der Waals surface area contributed by atoms with Gasteiger partial charge in [0.25, 0.3) is 0 Å². The molecule has 1 N–H and O–H groups in total. The molecule has 0 fully saturated rings. The van der Waals surface area contributed by atoms with Crippen LogP contribution in [0.3, 0.4) is 0 Å². The molecule has 0 saturated heterocycles. The number of thiophene rings is 1. The zero-order valence-electron chi connectivity index (χ0n) is 17.0. The Bertz CT molecular complexity index is 861. The molecule has 162 valence electrons. The van der Waals surface area contributed by atoms with Gasteiger partial charge in [0.05, 0.1) is 12.3 Å². The second-order valence-electron chi connectivity index (χ2n) is 8.27. The van der Waals surface area contributed by atoms with Crippen LogP contribution in [0.15, 0.2) is 23.6 Å². The Morgan fingerprint density at radius 2 is 1.93 bits per heavy atom. The molecule has 0 bridgehead atoms. The maximum atomic E-state index is 13.5. The fraction of sp³-hybridized carbons (Fsp3) is 0.526. The molecule has 0 saturated carbocycles. The number of fused-ring (bicyclic) bond motifs is 1. The average Bonchev–Trinajstić information content (AvgIpc) is 2.93. The van der Waals surface area contributed by atoms with Crippen molar-refractivity contribution in [2.24, 2.45) is 0 Å². The first-order valence-corrected chi connectivity index (χ1v) is 12.9. The van der Waals surface area contributed by atoms with E-state index in [-0.39, 0.29) is 18.1 Å². The van der Waals surface area contributed by atoms with E-state index in [9.17, 15) is 23.1 Å². The van der Waals surface area contributed by atoms with Crippen molar-refractivity contribution in [3.05, 3.63) is 23.6 Å². The number of alkyl halides is 3. The third-order valence-electron chi connectivity index (χ3n) is 5.04. The van der Waals surface area contributed by atoms with Crippen molar-refractivity contribution >= 4 is 41.5 Å². The largest absolute Gasteiger partial charge is 0.530 e. The van der Waals surface area contributed by atoms with Crippen molar-refractivity contribution in [3.8, 4) is 5.75 Å². The highest BCUT2D eigenvalue weighted by Gasteiger charge is 2.47. The van der Waals surface area contributed by atoms with Crippen molar-refractivity contribution in [3.63, 3.8) is 0 Å². The Kier molecular flexibility index (Phi) is 6.91. The predicted molar refractivity (Wildman–Crippen MR) is 109 cm³/mol. The van der Waals surface area contributed by atoms with Gasteiger partial charge in [0.2, 0.25) is 0 Å². The lowest BCUT2D eigenvalue weighted by Gasteiger charge is -2.39. The molecular weight excluding hydrogens is 423 g/mol. The minimum atomic E-state index is -4.47. The Labute approximate surface area is 173 Å². The number of carbonyl (C=O) groups is 1.